The molecule has 1 aliphatic heterocycles. The van der Waals surface area contributed by atoms with E-state index >= 15 is 0 Å². The van der Waals surface area contributed by atoms with Crippen LogP contribution in [0.1, 0.15) is 22.5 Å². The molecule has 5 nitrogen and oxygen atoms in total. The van der Waals surface area contributed by atoms with Crippen molar-refractivity contribution in [1.82, 2.24) is 4.98 Å². The van der Waals surface area contributed by atoms with Crippen molar-refractivity contribution in [1.29, 1.82) is 0 Å². The van der Waals surface area contributed by atoms with E-state index in [2.05, 4.69) is 10.2 Å². The van der Waals surface area contributed by atoms with Gasteiger partial charge in [-0.05, 0) is 25.0 Å². The summed E-state index contributed by atoms with van der Waals surface area (Å²) in [6.45, 7) is 1.99. The van der Waals surface area contributed by atoms with Gasteiger partial charge in [-0.25, -0.2) is 4.98 Å². The van der Waals surface area contributed by atoms with Crippen LogP contribution in [0.2, 0.25) is 0 Å². The minimum absolute atomic E-state index is 0.165. The molecule has 3 aromatic rings. The summed E-state index contributed by atoms with van der Waals surface area (Å²) in [6, 6.07) is 17.3. The van der Waals surface area contributed by atoms with Gasteiger partial charge in [-0.3, -0.25) is 4.79 Å². The van der Waals surface area contributed by atoms with Gasteiger partial charge in [0.25, 0.3) is 5.91 Å². The van der Waals surface area contributed by atoms with Gasteiger partial charge in [0.1, 0.15) is 10.6 Å². The first-order valence-corrected chi connectivity index (χ1v) is 9.83. The van der Waals surface area contributed by atoms with Crippen LogP contribution >= 0.6 is 11.3 Å². The number of aromatic nitrogens is 1. The Labute approximate surface area is 162 Å². The van der Waals surface area contributed by atoms with E-state index in [0.29, 0.717) is 16.3 Å². The number of nitrogens with zero attached hydrogens (tertiary/aromatic N) is 2. The summed E-state index contributed by atoms with van der Waals surface area (Å²) in [6.07, 6.45) is 2.34. The van der Waals surface area contributed by atoms with Gasteiger partial charge in [0.05, 0.1) is 18.5 Å². The molecule has 2 aromatic carbocycles. The minimum Gasteiger partial charge on any atom is -0.495 e. The molecule has 6 heteroatoms. The summed E-state index contributed by atoms with van der Waals surface area (Å²) in [4.78, 5) is 20.8. The Bertz CT molecular complexity index is 934. The van der Waals surface area contributed by atoms with E-state index in [4.69, 9.17) is 9.72 Å². The fraction of sp³-hybridized carbons (Fsp3) is 0.238. The fourth-order valence-corrected chi connectivity index (χ4v) is 4.26. The molecule has 1 aliphatic rings. The quantitative estimate of drug-likeness (QED) is 0.700. The summed E-state index contributed by atoms with van der Waals surface area (Å²) < 4.78 is 5.35. The summed E-state index contributed by atoms with van der Waals surface area (Å²) in [5.74, 6) is 0.470. The fourth-order valence-electron chi connectivity index (χ4n) is 3.23. The molecule has 1 saturated heterocycles. The maximum absolute atomic E-state index is 13.1. The molecule has 2 heterocycles. The third-order valence-electron chi connectivity index (χ3n) is 4.60. The van der Waals surface area contributed by atoms with Crippen molar-refractivity contribution in [2.24, 2.45) is 0 Å². The molecule has 0 unspecified atom stereocenters. The predicted octanol–water partition coefficient (Wildman–Crippen LogP) is 4.67. The average Bonchev–Trinajstić information content (AvgIpc) is 3.39. The van der Waals surface area contributed by atoms with Crippen LogP contribution in [-0.4, -0.2) is 31.1 Å². The number of rotatable bonds is 5. The number of hydrogen-bond donors (Lipinski definition) is 1. The number of anilines is 2. The lowest BCUT2D eigenvalue weighted by Crippen LogP contribution is -2.17. The zero-order chi connectivity index (χ0) is 18.6. The number of methoxy groups -OCH3 is 1. The number of nitrogens with one attached hydrogen (secondary N) is 1. The minimum atomic E-state index is -0.165. The number of hydrogen-bond acceptors (Lipinski definition) is 5. The molecular formula is C21H21N3O2S. The van der Waals surface area contributed by atoms with Crippen LogP contribution < -0.4 is 15.0 Å². The third-order valence-corrected chi connectivity index (χ3v) is 5.72. The number of benzene rings is 2. The van der Waals surface area contributed by atoms with Crippen molar-refractivity contribution >= 4 is 28.1 Å². The number of amides is 1. The van der Waals surface area contributed by atoms with Crippen LogP contribution in [0.25, 0.3) is 11.3 Å². The van der Waals surface area contributed by atoms with Gasteiger partial charge in [0, 0.05) is 18.7 Å². The zero-order valence-corrected chi connectivity index (χ0v) is 16.0. The second kappa shape index (κ2) is 7.80. The second-order valence-corrected chi connectivity index (χ2v) is 7.37. The monoisotopic (exact) mass is 379 g/mol. The molecule has 1 N–H and O–H groups in total. The Balaban J connectivity index is 1.70. The molecular weight excluding hydrogens is 358 g/mol. The molecule has 4 rings (SSSR count). The molecule has 0 spiro atoms. The third kappa shape index (κ3) is 3.66. The Morgan fingerprint density at radius 3 is 2.52 bits per heavy atom. The van der Waals surface area contributed by atoms with E-state index in [1.807, 2.05) is 54.6 Å². The Morgan fingerprint density at radius 2 is 1.78 bits per heavy atom. The Kier molecular flexibility index (Phi) is 5.07. The average molecular weight is 379 g/mol. The Hall–Kier alpha value is -2.86. The molecule has 0 radical (unpaired) electrons. The largest absolute Gasteiger partial charge is 0.495 e. The smallest absolute Gasteiger partial charge is 0.268 e. The van der Waals surface area contributed by atoms with Crippen LogP contribution in [-0.2, 0) is 0 Å². The van der Waals surface area contributed by atoms with Crippen molar-refractivity contribution in [3.63, 3.8) is 0 Å². The van der Waals surface area contributed by atoms with E-state index in [0.717, 1.165) is 29.5 Å². The number of ether oxygens (including phenoxy) is 1. The van der Waals surface area contributed by atoms with E-state index in [1.165, 1.54) is 24.2 Å². The summed E-state index contributed by atoms with van der Waals surface area (Å²) >= 11 is 1.45. The summed E-state index contributed by atoms with van der Waals surface area (Å²) in [5.41, 5.74) is 2.33. The van der Waals surface area contributed by atoms with Crippen LogP contribution in [0, 0.1) is 0 Å². The highest BCUT2D eigenvalue weighted by Crippen LogP contribution is 2.35. The first-order valence-electron chi connectivity index (χ1n) is 9.02. The van der Waals surface area contributed by atoms with Crippen LogP contribution in [0.15, 0.2) is 54.6 Å². The second-order valence-electron chi connectivity index (χ2n) is 6.39. The molecule has 1 amide bonds. The van der Waals surface area contributed by atoms with Crippen molar-refractivity contribution in [2.45, 2.75) is 12.8 Å². The van der Waals surface area contributed by atoms with Gasteiger partial charge < -0.3 is 15.0 Å². The first kappa shape index (κ1) is 17.5. The molecule has 27 heavy (non-hydrogen) atoms. The van der Waals surface area contributed by atoms with Crippen molar-refractivity contribution < 1.29 is 9.53 Å². The summed E-state index contributed by atoms with van der Waals surface area (Å²) in [5, 5.41) is 3.89. The number of carbonyl (C=O) groups excluding carboxylic acids is 1. The number of thiazole rings is 1. The van der Waals surface area contributed by atoms with Gasteiger partial charge in [-0.2, -0.15) is 0 Å². The van der Waals surface area contributed by atoms with Crippen molar-refractivity contribution in [3.8, 4) is 17.0 Å². The maximum Gasteiger partial charge on any atom is 0.268 e. The normalized spacial score (nSPS) is 13.6. The van der Waals surface area contributed by atoms with E-state index in [1.54, 1.807) is 7.11 Å². The van der Waals surface area contributed by atoms with Crippen LogP contribution in [0.4, 0.5) is 10.8 Å². The lowest BCUT2D eigenvalue weighted by molar-refractivity contribution is 0.103. The lowest BCUT2D eigenvalue weighted by Gasteiger charge is -2.12. The first-order chi connectivity index (χ1) is 13.3. The van der Waals surface area contributed by atoms with Gasteiger partial charge >= 0.3 is 0 Å². The predicted molar refractivity (Wildman–Crippen MR) is 110 cm³/mol. The van der Waals surface area contributed by atoms with E-state index in [9.17, 15) is 4.79 Å². The van der Waals surface area contributed by atoms with Crippen LogP contribution in [0.5, 0.6) is 5.75 Å². The van der Waals surface area contributed by atoms with E-state index in [-0.39, 0.29) is 5.91 Å². The highest BCUT2D eigenvalue weighted by molar-refractivity contribution is 7.18. The topological polar surface area (TPSA) is 54.5 Å². The lowest BCUT2D eigenvalue weighted by atomic mass is 10.1. The van der Waals surface area contributed by atoms with E-state index < -0.39 is 0 Å². The zero-order valence-electron chi connectivity index (χ0n) is 15.1. The molecule has 0 atom stereocenters. The van der Waals surface area contributed by atoms with Gasteiger partial charge in [0.15, 0.2) is 5.13 Å². The number of para-hydroxylation sites is 2. The number of carbonyl (C=O) groups is 1. The van der Waals surface area contributed by atoms with Gasteiger partial charge in [0.2, 0.25) is 0 Å². The van der Waals surface area contributed by atoms with Gasteiger partial charge in [-0.15, -0.1) is 0 Å². The van der Waals surface area contributed by atoms with Crippen molar-refractivity contribution in [3.05, 3.63) is 59.5 Å². The summed E-state index contributed by atoms with van der Waals surface area (Å²) in [7, 11) is 1.60. The molecule has 138 valence electrons. The highest BCUT2D eigenvalue weighted by Gasteiger charge is 2.24. The SMILES string of the molecule is COc1ccccc1NC(=O)c1sc(N2CCCC2)nc1-c1ccccc1. The Morgan fingerprint density at radius 1 is 1.07 bits per heavy atom. The van der Waals surface area contributed by atoms with Crippen LogP contribution in [0.3, 0.4) is 0 Å². The molecule has 0 aliphatic carbocycles. The van der Waals surface area contributed by atoms with Gasteiger partial charge in [-0.1, -0.05) is 53.8 Å². The molecule has 0 saturated carbocycles. The standard InChI is InChI=1S/C21H21N3O2S/c1-26-17-12-6-5-11-16(17)22-20(25)19-18(15-9-3-2-4-10-15)23-21(27-19)24-13-7-8-14-24/h2-6,9-12H,7-8,13-14H2,1H3,(H,22,25). The molecule has 0 bridgehead atoms. The van der Waals surface area contributed by atoms with Crippen molar-refractivity contribution in [2.75, 3.05) is 30.4 Å². The maximum atomic E-state index is 13.1. The molecule has 1 fully saturated rings. The molecule has 1 aromatic heterocycles. The highest BCUT2D eigenvalue weighted by atomic mass is 32.1.